The summed E-state index contributed by atoms with van der Waals surface area (Å²) >= 11 is 6.22. The number of halogens is 1. The molecule has 0 amide bonds. The molecule has 1 aromatic rings. The lowest BCUT2D eigenvalue weighted by molar-refractivity contribution is -0.177. The van der Waals surface area contributed by atoms with Crippen LogP contribution in [-0.4, -0.2) is 25.0 Å². The lowest BCUT2D eigenvalue weighted by Crippen LogP contribution is -2.39. The number of hydrogen-bond acceptors (Lipinski definition) is 3. The Hall–Kier alpha value is -0.770. The maximum Gasteiger partial charge on any atom is 0.168 e. The van der Waals surface area contributed by atoms with Crippen LogP contribution in [0.15, 0.2) is 18.2 Å². The fraction of sp³-hybridized carbons (Fsp3) is 0.600. The minimum absolute atomic E-state index is 0.283. The van der Waals surface area contributed by atoms with Crippen molar-refractivity contribution in [3.05, 3.63) is 28.8 Å². The fourth-order valence-electron chi connectivity index (χ4n) is 2.96. The molecule has 19 heavy (non-hydrogen) atoms. The van der Waals surface area contributed by atoms with Gasteiger partial charge in [0.2, 0.25) is 0 Å². The zero-order valence-electron chi connectivity index (χ0n) is 11.2. The van der Waals surface area contributed by atoms with Crippen LogP contribution in [0.5, 0.6) is 0 Å². The van der Waals surface area contributed by atoms with E-state index in [0.29, 0.717) is 6.04 Å². The first kappa shape index (κ1) is 13.2. The van der Waals surface area contributed by atoms with Crippen molar-refractivity contribution in [1.29, 1.82) is 0 Å². The predicted octanol–water partition coefficient (Wildman–Crippen LogP) is 3.75. The standard InChI is InChI=1S/C15H20ClNO2/c1-11-2-3-13(16)14(10-11)17-12-4-6-15(7-5-12)18-8-9-19-15/h2-3,10,12,17H,4-9H2,1H3. The van der Waals surface area contributed by atoms with Gasteiger partial charge in [0, 0.05) is 18.9 Å². The first-order chi connectivity index (χ1) is 9.17. The number of hydrogen-bond donors (Lipinski definition) is 1. The third-order valence-corrected chi connectivity index (χ3v) is 4.37. The monoisotopic (exact) mass is 281 g/mol. The van der Waals surface area contributed by atoms with E-state index < -0.39 is 0 Å². The van der Waals surface area contributed by atoms with Crippen LogP contribution in [0.4, 0.5) is 5.69 Å². The van der Waals surface area contributed by atoms with E-state index in [2.05, 4.69) is 18.3 Å². The molecule has 0 unspecified atom stereocenters. The molecule has 0 aromatic heterocycles. The fourth-order valence-corrected chi connectivity index (χ4v) is 3.13. The van der Waals surface area contributed by atoms with E-state index in [4.69, 9.17) is 21.1 Å². The Bertz CT molecular complexity index is 447. The number of ether oxygens (including phenoxy) is 2. The van der Waals surface area contributed by atoms with Crippen molar-refractivity contribution in [2.75, 3.05) is 18.5 Å². The lowest BCUT2D eigenvalue weighted by atomic mass is 9.90. The normalized spacial score (nSPS) is 22.8. The van der Waals surface area contributed by atoms with Crippen LogP contribution < -0.4 is 5.32 Å². The molecule has 1 spiro atoms. The zero-order valence-corrected chi connectivity index (χ0v) is 12.0. The third-order valence-electron chi connectivity index (χ3n) is 4.04. The van der Waals surface area contributed by atoms with Crippen LogP contribution in [0.1, 0.15) is 31.2 Å². The van der Waals surface area contributed by atoms with Gasteiger partial charge in [0.05, 0.1) is 23.9 Å². The minimum Gasteiger partial charge on any atom is -0.381 e. The second-order valence-corrected chi connectivity index (χ2v) is 5.92. The van der Waals surface area contributed by atoms with Crippen LogP contribution in [0.25, 0.3) is 0 Å². The zero-order chi connectivity index (χ0) is 13.3. The van der Waals surface area contributed by atoms with Gasteiger partial charge in [-0.25, -0.2) is 0 Å². The SMILES string of the molecule is Cc1ccc(Cl)c(NC2CCC3(CC2)OCCO3)c1. The van der Waals surface area contributed by atoms with Crippen LogP contribution in [-0.2, 0) is 9.47 Å². The summed E-state index contributed by atoms with van der Waals surface area (Å²) < 4.78 is 11.5. The largest absolute Gasteiger partial charge is 0.381 e. The van der Waals surface area contributed by atoms with Crippen LogP contribution >= 0.6 is 11.6 Å². The number of benzene rings is 1. The molecule has 4 heteroatoms. The lowest BCUT2D eigenvalue weighted by Gasteiger charge is -2.36. The second kappa shape index (κ2) is 5.31. The third kappa shape index (κ3) is 2.88. The highest BCUT2D eigenvalue weighted by Crippen LogP contribution is 2.37. The quantitative estimate of drug-likeness (QED) is 0.896. The van der Waals surface area contributed by atoms with Gasteiger partial charge in [-0.3, -0.25) is 0 Å². The Morgan fingerprint density at radius 1 is 1.21 bits per heavy atom. The average molecular weight is 282 g/mol. The molecule has 1 N–H and O–H groups in total. The van der Waals surface area contributed by atoms with Gasteiger partial charge in [-0.1, -0.05) is 17.7 Å². The number of nitrogens with one attached hydrogen (secondary N) is 1. The van der Waals surface area contributed by atoms with Crippen molar-refractivity contribution in [3.8, 4) is 0 Å². The Balaban J connectivity index is 1.61. The van der Waals surface area contributed by atoms with Crippen LogP contribution in [0.2, 0.25) is 5.02 Å². The van der Waals surface area contributed by atoms with E-state index in [1.54, 1.807) is 0 Å². The van der Waals surface area contributed by atoms with E-state index in [1.165, 1.54) is 5.56 Å². The summed E-state index contributed by atoms with van der Waals surface area (Å²) in [4.78, 5) is 0. The summed E-state index contributed by atoms with van der Waals surface area (Å²) in [7, 11) is 0. The molecule has 0 atom stereocenters. The first-order valence-electron chi connectivity index (χ1n) is 6.97. The predicted molar refractivity (Wildman–Crippen MR) is 76.7 cm³/mol. The van der Waals surface area contributed by atoms with Gasteiger partial charge < -0.3 is 14.8 Å². The van der Waals surface area contributed by atoms with Gasteiger partial charge in [-0.15, -0.1) is 0 Å². The Morgan fingerprint density at radius 3 is 2.58 bits per heavy atom. The van der Waals surface area contributed by atoms with Gasteiger partial charge in [0.15, 0.2) is 5.79 Å². The summed E-state index contributed by atoms with van der Waals surface area (Å²) in [6.07, 6.45) is 4.05. The molecule has 2 fully saturated rings. The molecule has 1 saturated heterocycles. The molecule has 0 radical (unpaired) electrons. The summed E-state index contributed by atoms with van der Waals surface area (Å²) in [6, 6.07) is 6.55. The van der Waals surface area contributed by atoms with E-state index >= 15 is 0 Å². The van der Waals surface area contributed by atoms with E-state index in [-0.39, 0.29) is 5.79 Å². The van der Waals surface area contributed by atoms with Gasteiger partial charge in [-0.2, -0.15) is 0 Å². The number of anilines is 1. The van der Waals surface area contributed by atoms with Crippen LogP contribution in [0, 0.1) is 6.92 Å². The molecule has 2 aliphatic rings. The van der Waals surface area contributed by atoms with E-state index in [1.807, 2.05) is 12.1 Å². The molecular weight excluding hydrogens is 262 g/mol. The molecule has 1 heterocycles. The van der Waals surface area contributed by atoms with Crippen molar-refractivity contribution in [2.24, 2.45) is 0 Å². The first-order valence-corrected chi connectivity index (χ1v) is 7.35. The molecule has 1 saturated carbocycles. The molecule has 3 rings (SSSR count). The number of rotatable bonds is 2. The molecule has 1 aliphatic heterocycles. The summed E-state index contributed by atoms with van der Waals surface area (Å²) in [6.45, 7) is 3.56. The van der Waals surface area contributed by atoms with Crippen molar-refractivity contribution in [3.63, 3.8) is 0 Å². The summed E-state index contributed by atoms with van der Waals surface area (Å²) in [5.74, 6) is -0.283. The van der Waals surface area contributed by atoms with E-state index in [0.717, 1.165) is 49.6 Å². The molecule has 0 bridgehead atoms. The van der Waals surface area contributed by atoms with Crippen molar-refractivity contribution in [2.45, 2.75) is 44.4 Å². The maximum absolute atomic E-state index is 6.22. The highest BCUT2D eigenvalue weighted by Gasteiger charge is 2.40. The molecule has 3 nitrogen and oxygen atoms in total. The Kier molecular flexibility index (Phi) is 3.70. The van der Waals surface area contributed by atoms with Crippen molar-refractivity contribution in [1.82, 2.24) is 0 Å². The molecule has 104 valence electrons. The van der Waals surface area contributed by atoms with Gasteiger partial charge in [0.1, 0.15) is 0 Å². The second-order valence-electron chi connectivity index (χ2n) is 5.51. The van der Waals surface area contributed by atoms with Gasteiger partial charge in [-0.05, 0) is 37.5 Å². The van der Waals surface area contributed by atoms with Crippen molar-refractivity contribution >= 4 is 17.3 Å². The number of aryl methyl sites for hydroxylation is 1. The van der Waals surface area contributed by atoms with E-state index in [9.17, 15) is 0 Å². The maximum atomic E-state index is 6.22. The van der Waals surface area contributed by atoms with Gasteiger partial charge >= 0.3 is 0 Å². The Morgan fingerprint density at radius 2 is 1.89 bits per heavy atom. The highest BCUT2D eigenvalue weighted by molar-refractivity contribution is 6.33. The molecule has 1 aromatic carbocycles. The Labute approximate surface area is 119 Å². The minimum atomic E-state index is -0.283. The average Bonchev–Trinajstić information content (AvgIpc) is 2.85. The smallest absolute Gasteiger partial charge is 0.168 e. The molecular formula is C15H20ClNO2. The highest BCUT2D eigenvalue weighted by atomic mass is 35.5. The van der Waals surface area contributed by atoms with Crippen LogP contribution in [0.3, 0.4) is 0 Å². The molecule has 1 aliphatic carbocycles. The van der Waals surface area contributed by atoms with Crippen molar-refractivity contribution < 1.29 is 9.47 Å². The summed E-state index contributed by atoms with van der Waals surface area (Å²) in [5.41, 5.74) is 2.26. The van der Waals surface area contributed by atoms with Gasteiger partial charge in [0.25, 0.3) is 0 Å². The summed E-state index contributed by atoms with van der Waals surface area (Å²) in [5, 5.41) is 4.34. The topological polar surface area (TPSA) is 30.5 Å².